The van der Waals surface area contributed by atoms with Crippen LogP contribution in [0.4, 0.5) is 0 Å². The third-order valence-electron chi connectivity index (χ3n) is 5.92. The summed E-state index contributed by atoms with van der Waals surface area (Å²) >= 11 is 0. The van der Waals surface area contributed by atoms with E-state index in [1.807, 2.05) is 60.7 Å². The number of fused-ring (bicyclic) bond motifs is 1. The van der Waals surface area contributed by atoms with E-state index in [9.17, 15) is 4.79 Å². The molecule has 1 aliphatic heterocycles. The monoisotopic (exact) mass is 500 g/mol. The Hall–Kier alpha value is -4.37. The first-order valence-electron chi connectivity index (χ1n) is 12.0. The molecule has 2 aromatic heterocycles. The van der Waals surface area contributed by atoms with Crippen LogP contribution in [0.25, 0.3) is 0 Å². The molecule has 0 unspecified atom stereocenters. The SMILES string of the molecule is COc1cccc(CN(Cc2ccc3c(c2)OCO3)Cc2nc(C(=O)NCCc3ccccn3)co2)c1. The molecule has 0 aliphatic carbocycles. The van der Waals surface area contributed by atoms with Gasteiger partial charge in [-0.1, -0.05) is 24.3 Å². The molecular weight excluding hydrogens is 472 g/mol. The Bertz CT molecular complexity index is 1340. The highest BCUT2D eigenvalue weighted by Gasteiger charge is 2.18. The van der Waals surface area contributed by atoms with Crippen LogP contribution in [0.1, 0.15) is 33.2 Å². The highest BCUT2D eigenvalue weighted by Crippen LogP contribution is 2.33. The van der Waals surface area contributed by atoms with Crippen LogP contribution >= 0.6 is 0 Å². The van der Waals surface area contributed by atoms with Crippen LogP contribution < -0.4 is 19.5 Å². The van der Waals surface area contributed by atoms with Crippen molar-refractivity contribution in [2.45, 2.75) is 26.1 Å². The van der Waals surface area contributed by atoms with Crippen molar-refractivity contribution in [1.29, 1.82) is 0 Å². The van der Waals surface area contributed by atoms with Gasteiger partial charge < -0.3 is 23.9 Å². The lowest BCUT2D eigenvalue weighted by atomic mass is 10.1. The largest absolute Gasteiger partial charge is 0.497 e. The number of ether oxygens (including phenoxy) is 3. The zero-order valence-electron chi connectivity index (χ0n) is 20.6. The van der Waals surface area contributed by atoms with Crippen LogP contribution in [0.15, 0.2) is 77.5 Å². The van der Waals surface area contributed by atoms with E-state index in [-0.39, 0.29) is 18.4 Å². The van der Waals surface area contributed by atoms with E-state index in [4.69, 9.17) is 18.6 Å². The number of hydrogen-bond donors (Lipinski definition) is 1. The van der Waals surface area contributed by atoms with Gasteiger partial charge >= 0.3 is 0 Å². The summed E-state index contributed by atoms with van der Waals surface area (Å²) in [6, 6.07) is 19.6. The summed E-state index contributed by atoms with van der Waals surface area (Å²) in [6.45, 7) is 2.34. The number of methoxy groups -OCH3 is 1. The predicted octanol–water partition coefficient (Wildman–Crippen LogP) is 3.98. The van der Waals surface area contributed by atoms with Crippen LogP contribution in [0.2, 0.25) is 0 Å². The van der Waals surface area contributed by atoms with Gasteiger partial charge in [0.15, 0.2) is 17.2 Å². The normalized spacial score (nSPS) is 12.1. The number of amides is 1. The number of rotatable bonds is 11. The van der Waals surface area contributed by atoms with E-state index in [2.05, 4.69) is 20.2 Å². The van der Waals surface area contributed by atoms with Crippen molar-refractivity contribution >= 4 is 5.91 Å². The summed E-state index contributed by atoms with van der Waals surface area (Å²) in [4.78, 5) is 23.5. The van der Waals surface area contributed by atoms with Crippen molar-refractivity contribution in [1.82, 2.24) is 20.2 Å². The molecule has 37 heavy (non-hydrogen) atoms. The van der Waals surface area contributed by atoms with Crippen LogP contribution in [0, 0.1) is 0 Å². The Balaban J connectivity index is 1.26. The van der Waals surface area contributed by atoms with Crippen molar-refractivity contribution in [3.05, 3.63) is 102 Å². The van der Waals surface area contributed by atoms with Gasteiger partial charge in [-0.3, -0.25) is 14.7 Å². The molecule has 1 amide bonds. The molecule has 0 bridgehead atoms. The second-order valence-electron chi connectivity index (χ2n) is 8.64. The first-order valence-corrected chi connectivity index (χ1v) is 12.0. The third-order valence-corrected chi connectivity index (χ3v) is 5.92. The predicted molar refractivity (Wildman–Crippen MR) is 135 cm³/mol. The first kappa shape index (κ1) is 24.3. The van der Waals surface area contributed by atoms with Crippen molar-refractivity contribution in [2.75, 3.05) is 20.4 Å². The molecule has 5 rings (SSSR count). The van der Waals surface area contributed by atoms with Crippen LogP contribution in [-0.2, 0) is 26.1 Å². The average Bonchev–Trinajstić information content (AvgIpc) is 3.59. The summed E-state index contributed by atoms with van der Waals surface area (Å²) in [5, 5.41) is 2.88. The molecule has 0 saturated heterocycles. The van der Waals surface area contributed by atoms with Crippen LogP contribution in [-0.4, -0.2) is 41.2 Å². The maximum Gasteiger partial charge on any atom is 0.273 e. The van der Waals surface area contributed by atoms with Gasteiger partial charge in [-0.15, -0.1) is 0 Å². The Morgan fingerprint density at radius 2 is 1.86 bits per heavy atom. The zero-order chi connectivity index (χ0) is 25.5. The Labute approximate surface area is 215 Å². The lowest BCUT2D eigenvalue weighted by molar-refractivity contribution is 0.0949. The molecular formula is C28H28N4O5. The number of aromatic nitrogens is 2. The van der Waals surface area contributed by atoms with Gasteiger partial charge in [0, 0.05) is 37.9 Å². The minimum Gasteiger partial charge on any atom is -0.497 e. The molecule has 0 radical (unpaired) electrons. The standard InChI is InChI=1S/C28H28N4O5/c1-34-23-7-4-5-20(13-23)15-32(16-21-8-9-25-26(14-21)37-19-36-25)17-27-31-24(18-35-27)28(33)30-12-10-22-6-2-3-11-29-22/h2-9,11,13-14,18H,10,12,15-17,19H2,1H3,(H,30,33). The summed E-state index contributed by atoms with van der Waals surface area (Å²) < 4.78 is 22.0. The number of oxazole rings is 1. The summed E-state index contributed by atoms with van der Waals surface area (Å²) in [7, 11) is 1.65. The maximum absolute atomic E-state index is 12.6. The van der Waals surface area contributed by atoms with E-state index in [0.717, 1.165) is 34.1 Å². The molecule has 2 aromatic carbocycles. The van der Waals surface area contributed by atoms with E-state index in [1.54, 1.807) is 13.3 Å². The fourth-order valence-electron chi connectivity index (χ4n) is 4.11. The van der Waals surface area contributed by atoms with Crippen LogP contribution in [0.3, 0.4) is 0 Å². The topological polar surface area (TPSA) is 99.0 Å². The molecule has 1 N–H and O–H groups in total. The lowest BCUT2D eigenvalue weighted by Crippen LogP contribution is -2.26. The van der Waals surface area contributed by atoms with E-state index < -0.39 is 0 Å². The smallest absolute Gasteiger partial charge is 0.273 e. The molecule has 0 saturated carbocycles. The Kier molecular flexibility index (Phi) is 7.61. The van der Waals surface area contributed by atoms with Crippen molar-refractivity contribution in [3.63, 3.8) is 0 Å². The molecule has 0 atom stereocenters. The molecule has 9 nitrogen and oxygen atoms in total. The lowest BCUT2D eigenvalue weighted by Gasteiger charge is -2.21. The van der Waals surface area contributed by atoms with Gasteiger partial charge in [-0.05, 0) is 47.5 Å². The number of carbonyl (C=O) groups excluding carboxylic acids is 1. The number of nitrogens with zero attached hydrogens (tertiary/aromatic N) is 3. The number of nitrogens with one attached hydrogen (secondary N) is 1. The summed E-state index contributed by atoms with van der Waals surface area (Å²) in [6.07, 6.45) is 3.78. The quantitative estimate of drug-likeness (QED) is 0.330. The maximum atomic E-state index is 12.6. The number of hydrogen-bond acceptors (Lipinski definition) is 8. The van der Waals surface area contributed by atoms with Gasteiger partial charge in [-0.2, -0.15) is 0 Å². The van der Waals surface area contributed by atoms with Gasteiger partial charge in [0.1, 0.15) is 12.0 Å². The highest BCUT2D eigenvalue weighted by molar-refractivity contribution is 5.91. The molecule has 4 aromatic rings. The molecule has 190 valence electrons. The Morgan fingerprint density at radius 3 is 2.70 bits per heavy atom. The second kappa shape index (κ2) is 11.6. The molecule has 3 heterocycles. The van der Waals surface area contributed by atoms with Gasteiger partial charge in [-0.25, -0.2) is 4.98 Å². The summed E-state index contributed by atoms with van der Waals surface area (Å²) in [5.74, 6) is 2.45. The minimum absolute atomic E-state index is 0.231. The fourth-order valence-corrected chi connectivity index (χ4v) is 4.11. The van der Waals surface area contributed by atoms with E-state index >= 15 is 0 Å². The summed E-state index contributed by atoms with van der Waals surface area (Å²) in [5.41, 5.74) is 3.31. The average molecular weight is 501 g/mol. The second-order valence-corrected chi connectivity index (χ2v) is 8.64. The van der Waals surface area contributed by atoms with Gasteiger partial charge in [0.2, 0.25) is 12.7 Å². The van der Waals surface area contributed by atoms with Gasteiger partial charge in [0.25, 0.3) is 5.91 Å². The van der Waals surface area contributed by atoms with Crippen molar-refractivity contribution < 1.29 is 23.4 Å². The number of benzene rings is 2. The minimum atomic E-state index is -0.277. The fraction of sp³-hybridized carbons (Fsp3) is 0.250. The van der Waals surface area contributed by atoms with E-state index in [0.29, 0.717) is 38.5 Å². The van der Waals surface area contributed by atoms with Crippen molar-refractivity contribution in [2.24, 2.45) is 0 Å². The molecule has 0 fully saturated rings. The number of carbonyl (C=O) groups is 1. The van der Waals surface area contributed by atoms with Crippen LogP contribution in [0.5, 0.6) is 17.2 Å². The zero-order valence-corrected chi connectivity index (χ0v) is 20.6. The Morgan fingerprint density at radius 1 is 1.00 bits per heavy atom. The van der Waals surface area contributed by atoms with Gasteiger partial charge in [0.05, 0.1) is 13.7 Å². The first-order chi connectivity index (χ1) is 18.2. The molecule has 0 spiro atoms. The third kappa shape index (κ3) is 6.45. The molecule has 9 heteroatoms. The molecule has 1 aliphatic rings. The van der Waals surface area contributed by atoms with Crippen molar-refractivity contribution in [3.8, 4) is 17.2 Å². The number of pyridine rings is 1. The highest BCUT2D eigenvalue weighted by atomic mass is 16.7. The van der Waals surface area contributed by atoms with E-state index in [1.165, 1.54) is 6.26 Å².